The molecule has 0 unspecified atom stereocenters. The van der Waals surface area contributed by atoms with Gasteiger partial charge in [0.15, 0.2) is 0 Å². The maximum absolute atomic E-state index is 12.4. The van der Waals surface area contributed by atoms with E-state index in [-0.39, 0.29) is 6.03 Å². The Balaban J connectivity index is 1.44. The summed E-state index contributed by atoms with van der Waals surface area (Å²) in [7, 11) is 0. The Kier molecular flexibility index (Phi) is 5.59. The van der Waals surface area contributed by atoms with Gasteiger partial charge in [-0.05, 0) is 43.0 Å². The Bertz CT molecular complexity index is 705. The average molecular weight is 345 g/mol. The summed E-state index contributed by atoms with van der Waals surface area (Å²) in [6.07, 6.45) is 2.76. The lowest BCUT2D eigenvalue weighted by Crippen LogP contribution is -2.43. The molecule has 0 bridgehead atoms. The highest BCUT2D eigenvalue weighted by Gasteiger charge is 2.21. The van der Waals surface area contributed by atoms with E-state index in [9.17, 15) is 4.79 Å². The monoisotopic (exact) mass is 344 g/mol. The first-order valence-corrected chi connectivity index (χ1v) is 8.64. The third-order valence-corrected chi connectivity index (χ3v) is 4.36. The van der Waals surface area contributed by atoms with Crippen molar-refractivity contribution in [2.24, 2.45) is 0 Å². The maximum atomic E-state index is 12.4. The fourth-order valence-electron chi connectivity index (χ4n) is 2.85. The molecule has 4 nitrogen and oxygen atoms in total. The number of fused-ring (bicyclic) bond motifs is 1. The van der Waals surface area contributed by atoms with Crippen LogP contribution in [0.3, 0.4) is 0 Å². The summed E-state index contributed by atoms with van der Waals surface area (Å²) in [5.74, 6) is 0.676. The number of aryl methyl sites for hydroxylation is 1. The molecule has 3 rings (SSSR count). The van der Waals surface area contributed by atoms with Crippen LogP contribution in [0.25, 0.3) is 0 Å². The van der Waals surface area contributed by atoms with Crippen molar-refractivity contribution in [2.45, 2.75) is 19.3 Å². The Labute approximate surface area is 147 Å². The molecule has 1 aliphatic heterocycles. The van der Waals surface area contributed by atoms with Gasteiger partial charge in [-0.15, -0.1) is 0 Å². The van der Waals surface area contributed by atoms with Crippen LogP contribution in [0.15, 0.2) is 48.5 Å². The molecule has 5 heteroatoms. The van der Waals surface area contributed by atoms with Gasteiger partial charge >= 0.3 is 6.03 Å². The van der Waals surface area contributed by atoms with Crippen LogP contribution in [0.2, 0.25) is 5.02 Å². The van der Waals surface area contributed by atoms with E-state index in [2.05, 4.69) is 11.4 Å². The van der Waals surface area contributed by atoms with Crippen LogP contribution in [-0.4, -0.2) is 25.7 Å². The molecule has 0 atom stereocenters. The highest BCUT2D eigenvalue weighted by Crippen LogP contribution is 2.26. The topological polar surface area (TPSA) is 41.6 Å². The van der Waals surface area contributed by atoms with E-state index in [1.165, 1.54) is 5.56 Å². The van der Waals surface area contributed by atoms with Gasteiger partial charge in [-0.25, -0.2) is 4.79 Å². The first-order valence-electron chi connectivity index (χ1n) is 8.26. The lowest BCUT2D eigenvalue weighted by molar-refractivity contribution is 0.244. The molecule has 2 aromatic rings. The fraction of sp³-hybridized carbons (Fsp3) is 0.316. The number of nitrogens with one attached hydrogen (secondary N) is 1. The van der Waals surface area contributed by atoms with E-state index in [4.69, 9.17) is 16.3 Å². The zero-order valence-corrected chi connectivity index (χ0v) is 14.3. The van der Waals surface area contributed by atoms with E-state index >= 15 is 0 Å². The van der Waals surface area contributed by atoms with Crippen LogP contribution >= 0.6 is 11.6 Å². The first-order chi connectivity index (χ1) is 11.8. The number of carbonyl (C=O) groups excluding carboxylic acids is 1. The fourth-order valence-corrected chi connectivity index (χ4v) is 3.04. The summed E-state index contributed by atoms with van der Waals surface area (Å²) in [6.45, 7) is 1.85. The van der Waals surface area contributed by atoms with Crippen molar-refractivity contribution >= 4 is 23.3 Å². The van der Waals surface area contributed by atoms with Crippen molar-refractivity contribution in [1.29, 1.82) is 0 Å². The van der Waals surface area contributed by atoms with Crippen LogP contribution in [0, 0.1) is 0 Å². The molecule has 0 fully saturated rings. The predicted octanol–water partition coefficient (Wildman–Crippen LogP) is 4.27. The molecular formula is C19H21ClN2O2. The van der Waals surface area contributed by atoms with Gasteiger partial charge in [0, 0.05) is 18.8 Å². The second-order valence-corrected chi connectivity index (χ2v) is 6.16. The number of hydrogen-bond acceptors (Lipinski definition) is 2. The number of carbonyl (C=O) groups is 1. The minimum Gasteiger partial charge on any atom is -0.492 e. The number of amides is 2. The average Bonchev–Trinajstić information content (AvgIpc) is 2.62. The number of halogens is 1. The second-order valence-electron chi connectivity index (χ2n) is 5.75. The zero-order valence-electron chi connectivity index (χ0n) is 13.5. The summed E-state index contributed by atoms with van der Waals surface area (Å²) in [4.78, 5) is 14.2. The van der Waals surface area contributed by atoms with Crippen molar-refractivity contribution in [3.05, 3.63) is 59.1 Å². The standard InChI is InChI=1S/C19H21ClN2O2/c20-16-9-2-4-11-18(16)24-14-6-12-21-19(23)22-13-5-8-15-7-1-3-10-17(15)22/h1-4,7,9-11H,5-6,8,12-14H2,(H,21,23). The molecule has 0 aliphatic carbocycles. The number of benzene rings is 2. The maximum Gasteiger partial charge on any atom is 0.321 e. The molecule has 2 amide bonds. The molecule has 0 saturated heterocycles. The number of anilines is 1. The van der Waals surface area contributed by atoms with Gasteiger partial charge in [0.1, 0.15) is 5.75 Å². The van der Waals surface area contributed by atoms with Crippen molar-refractivity contribution < 1.29 is 9.53 Å². The van der Waals surface area contributed by atoms with Gasteiger partial charge in [-0.1, -0.05) is 41.9 Å². The smallest absolute Gasteiger partial charge is 0.321 e. The lowest BCUT2D eigenvalue weighted by atomic mass is 10.0. The van der Waals surface area contributed by atoms with Gasteiger partial charge in [0.2, 0.25) is 0 Å². The SMILES string of the molecule is O=C(NCCCOc1ccccc1Cl)N1CCCc2ccccc21. The molecule has 1 aliphatic rings. The van der Waals surface area contributed by atoms with Crippen molar-refractivity contribution in [2.75, 3.05) is 24.6 Å². The number of nitrogens with zero attached hydrogens (tertiary/aromatic N) is 1. The van der Waals surface area contributed by atoms with E-state index in [0.717, 1.165) is 31.5 Å². The van der Waals surface area contributed by atoms with E-state index in [0.29, 0.717) is 23.9 Å². The molecule has 126 valence electrons. The second kappa shape index (κ2) is 8.06. The molecule has 0 radical (unpaired) electrons. The van der Waals surface area contributed by atoms with Crippen LogP contribution in [0.5, 0.6) is 5.75 Å². The molecule has 1 N–H and O–H groups in total. The molecule has 0 spiro atoms. The minimum atomic E-state index is -0.0418. The van der Waals surface area contributed by atoms with Crippen LogP contribution in [0.1, 0.15) is 18.4 Å². The van der Waals surface area contributed by atoms with Gasteiger partial charge in [-0.3, -0.25) is 4.90 Å². The number of hydrogen-bond donors (Lipinski definition) is 1. The summed E-state index contributed by atoms with van der Waals surface area (Å²) in [6, 6.07) is 15.4. The molecule has 0 saturated carbocycles. The van der Waals surface area contributed by atoms with E-state index in [1.54, 1.807) is 6.07 Å². The summed E-state index contributed by atoms with van der Waals surface area (Å²) in [5.41, 5.74) is 2.26. The Morgan fingerprint density at radius 1 is 1.17 bits per heavy atom. The highest BCUT2D eigenvalue weighted by atomic mass is 35.5. The molecule has 24 heavy (non-hydrogen) atoms. The Morgan fingerprint density at radius 2 is 1.96 bits per heavy atom. The van der Waals surface area contributed by atoms with Gasteiger partial charge in [0.05, 0.1) is 11.6 Å². The lowest BCUT2D eigenvalue weighted by Gasteiger charge is -2.29. The van der Waals surface area contributed by atoms with Crippen molar-refractivity contribution in [3.63, 3.8) is 0 Å². The zero-order chi connectivity index (χ0) is 16.8. The number of rotatable bonds is 5. The summed E-state index contributed by atoms with van der Waals surface area (Å²) < 4.78 is 5.62. The number of ether oxygens (including phenoxy) is 1. The Morgan fingerprint density at radius 3 is 2.83 bits per heavy atom. The molecular weight excluding hydrogens is 324 g/mol. The van der Waals surface area contributed by atoms with Gasteiger partial charge < -0.3 is 10.1 Å². The third-order valence-electron chi connectivity index (χ3n) is 4.05. The van der Waals surface area contributed by atoms with Crippen LogP contribution < -0.4 is 15.0 Å². The summed E-state index contributed by atoms with van der Waals surface area (Å²) >= 11 is 6.04. The molecule has 1 heterocycles. The van der Waals surface area contributed by atoms with Crippen LogP contribution in [-0.2, 0) is 6.42 Å². The number of urea groups is 1. The summed E-state index contributed by atoms with van der Waals surface area (Å²) in [5, 5.41) is 3.57. The largest absolute Gasteiger partial charge is 0.492 e. The first kappa shape index (κ1) is 16.7. The Hall–Kier alpha value is -2.20. The third kappa shape index (κ3) is 4.01. The van der Waals surface area contributed by atoms with Gasteiger partial charge in [-0.2, -0.15) is 0 Å². The number of para-hydroxylation sites is 2. The van der Waals surface area contributed by atoms with Crippen LogP contribution in [0.4, 0.5) is 10.5 Å². The highest BCUT2D eigenvalue weighted by molar-refractivity contribution is 6.32. The molecule has 0 aromatic heterocycles. The van der Waals surface area contributed by atoms with Gasteiger partial charge in [0.25, 0.3) is 0 Å². The van der Waals surface area contributed by atoms with Crippen molar-refractivity contribution in [3.8, 4) is 5.75 Å². The quantitative estimate of drug-likeness (QED) is 0.823. The molecule has 2 aromatic carbocycles. The van der Waals surface area contributed by atoms with Crippen molar-refractivity contribution in [1.82, 2.24) is 5.32 Å². The van der Waals surface area contributed by atoms with E-state index in [1.807, 2.05) is 41.3 Å². The minimum absolute atomic E-state index is 0.0418. The predicted molar refractivity (Wildman–Crippen MR) is 97.1 cm³/mol. The normalized spacial score (nSPS) is 13.3. The van der Waals surface area contributed by atoms with E-state index < -0.39 is 0 Å².